The fourth-order valence-electron chi connectivity index (χ4n) is 2.40. The van der Waals surface area contributed by atoms with E-state index in [0.717, 1.165) is 37.3 Å². The zero-order chi connectivity index (χ0) is 15.1. The smallest absolute Gasteiger partial charge is 0.237 e. The minimum Gasteiger partial charge on any atom is -0.384 e. The van der Waals surface area contributed by atoms with Gasteiger partial charge in [-0.1, -0.05) is 12.1 Å². The normalized spacial score (nSPS) is 19.4. The van der Waals surface area contributed by atoms with Gasteiger partial charge in [0.15, 0.2) is 0 Å². The minimum absolute atomic E-state index is 0.0173. The van der Waals surface area contributed by atoms with E-state index < -0.39 is 0 Å². The van der Waals surface area contributed by atoms with Crippen molar-refractivity contribution < 1.29 is 9.53 Å². The van der Waals surface area contributed by atoms with E-state index in [0.29, 0.717) is 0 Å². The predicted molar refractivity (Wildman–Crippen MR) is 86.6 cm³/mol. The van der Waals surface area contributed by atoms with E-state index in [-0.39, 0.29) is 18.0 Å². The van der Waals surface area contributed by atoms with Crippen molar-refractivity contribution in [2.24, 2.45) is 0 Å². The third kappa shape index (κ3) is 5.02. The number of methoxy groups -OCH3 is 1. The average molecular weight is 308 g/mol. The quantitative estimate of drug-likeness (QED) is 0.600. The molecule has 1 aliphatic rings. The van der Waals surface area contributed by atoms with Crippen molar-refractivity contribution in [3.8, 4) is 0 Å². The highest BCUT2D eigenvalue weighted by molar-refractivity contribution is 7.99. The second-order valence-corrected chi connectivity index (χ2v) is 6.46. The van der Waals surface area contributed by atoms with Gasteiger partial charge in [-0.3, -0.25) is 4.79 Å². The number of carbonyl (C=O) groups excluding carboxylic acids is 1. The number of rotatable bonds is 7. The molecule has 0 aliphatic carbocycles. The van der Waals surface area contributed by atoms with Crippen LogP contribution >= 0.6 is 11.8 Å². The van der Waals surface area contributed by atoms with Crippen molar-refractivity contribution in [3.63, 3.8) is 0 Å². The van der Waals surface area contributed by atoms with Gasteiger partial charge in [-0.2, -0.15) is 0 Å². The van der Waals surface area contributed by atoms with Gasteiger partial charge in [0.1, 0.15) is 0 Å². The van der Waals surface area contributed by atoms with Crippen LogP contribution in [0.25, 0.3) is 0 Å². The van der Waals surface area contributed by atoms with E-state index in [1.54, 1.807) is 18.9 Å². The highest BCUT2D eigenvalue weighted by Gasteiger charge is 2.23. The molecule has 1 aromatic carbocycles. The molecule has 1 aromatic rings. The fourth-order valence-corrected chi connectivity index (χ4v) is 3.22. The van der Waals surface area contributed by atoms with Gasteiger partial charge < -0.3 is 15.4 Å². The van der Waals surface area contributed by atoms with Crippen molar-refractivity contribution in [2.75, 3.05) is 26.0 Å². The lowest BCUT2D eigenvalue weighted by Gasteiger charge is -2.18. The van der Waals surface area contributed by atoms with E-state index in [9.17, 15) is 4.79 Å². The van der Waals surface area contributed by atoms with E-state index in [1.165, 1.54) is 4.90 Å². The van der Waals surface area contributed by atoms with E-state index in [1.807, 2.05) is 6.92 Å². The molecule has 0 bridgehead atoms. The Hall–Kier alpha value is -1.04. The molecule has 0 saturated carbocycles. The Morgan fingerprint density at radius 3 is 2.86 bits per heavy atom. The highest BCUT2D eigenvalue weighted by Crippen LogP contribution is 2.21. The van der Waals surface area contributed by atoms with E-state index in [4.69, 9.17) is 4.74 Å². The molecule has 1 fully saturated rings. The van der Waals surface area contributed by atoms with Gasteiger partial charge in [0, 0.05) is 17.8 Å². The number of hydrogen-bond donors (Lipinski definition) is 2. The van der Waals surface area contributed by atoms with Gasteiger partial charge in [-0.25, -0.2) is 0 Å². The standard InChI is InChI=1S/C16H24N2O2S/c1-12(18-16(19)15-4-3-9-17-15)13-5-7-14(8-6-13)21-11-10-20-2/h5-8,12,15,17H,3-4,9-11H2,1-2H3,(H,18,19). The fraction of sp³-hybridized carbons (Fsp3) is 0.562. The number of carbonyl (C=O) groups is 1. The predicted octanol–water partition coefficient (Wildman–Crippen LogP) is 2.35. The Labute approximate surface area is 131 Å². The lowest BCUT2D eigenvalue weighted by atomic mass is 10.1. The highest BCUT2D eigenvalue weighted by atomic mass is 32.2. The first-order chi connectivity index (χ1) is 10.2. The molecule has 2 N–H and O–H groups in total. The summed E-state index contributed by atoms with van der Waals surface area (Å²) in [5, 5.41) is 6.31. The molecule has 2 atom stereocenters. The van der Waals surface area contributed by atoms with Crippen LogP contribution in [-0.2, 0) is 9.53 Å². The van der Waals surface area contributed by atoms with Gasteiger partial charge in [-0.15, -0.1) is 11.8 Å². The Morgan fingerprint density at radius 2 is 2.24 bits per heavy atom. The molecule has 5 heteroatoms. The summed E-state index contributed by atoms with van der Waals surface area (Å²) in [6, 6.07) is 8.40. The molecule has 4 nitrogen and oxygen atoms in total. The largest absolute Gasteiger partial charge is 0.384 e. The number of thioether (sulfide) groups is 1. The van der Waals surface area contributed by atoms with Crippen molar-refractivity contribution in [1.29, 1.82) is 0 Å². The lowest BCUT2D eigenvalue weighted by molar-refractivity contribution is -0.123. The molecule has 1 amide bonds. The molecule has 21 heavy (non-hydrogen) atoms. The Kier molecular flexibility index (Phi) is 6.54. The van der Waals surface area contributed by atoms with Crippen LogP contribution in [0.5, 0.6) is 0 Å². The van der Waals surface area contributed by atoms with Crippen LogP contribution < -0.4 is 10.6 Å². The van der Waals surface area contributed by atoms with E-state index in [2.05, 4.69) is 34.9 Å². The monoisotopic (exact) mass is 308 g/mol. The Morgan fingerprint density at radius 1 is 1.48 bits per heavy atom. The summed E-state index contributed by atoms with van der Waals surface area (Å²) in [5.41, 5.74) is 1.14. The molecule has 0 aromatic heterocycles. The molecule has 116 valence electrons. The van der Waals surface area contributed by atoms with Crippen LogP contribution in [0.4, 0.5) is 0 Å². The van der Waals surface area contributed by atoms with Gasteiger partial charge in [0.05, 0.1) is 18.7 Å². The number of amides is 1. The average Bonchev–Trinajstić information content (AvgIpc) is 3.02. The second kappa shape index (κ2) is 8.41. The maximum Gasteiger partial charge on any atom is 0.237 e. The van der Waals surface area contributed by atoms with Crippen LogP contribution in [0.1, 0.15) is 31.4 Å². The molecule has 2 unspecified atom stereocenters. The minimum atomic E-state index is -0.0173. The third-order valence-corrected chi connectivity index (χ3v) is 4.65. The van der Waals surface area contributed by atoms with Gasteiger partial charge in [0.25, 0.3) is 0 Å². The van der Waals surface area contributed by atoms with Crippen LogP contribution in [0.15, 0.2) is 29.2 Å². The van der Waals surface area contributed by atoms with Gasteiger partial charge in [0.2, 0.25) is 5.91 Å². The summed E-state index contributed by atoms with van der Waals surface area (Å²) in [6.07, 6.45) is 2.02. The maximum atomic E-state index is 12.1. The van der Waals surface area contributed by atoms with Gasteiger partial charge >= 0.3 is 0 Å². The van der Waals surface area contributed by atoms with Crippen molar-refractivity contribution >= 4 is 17.7 Å². The maximum absolute atomic E-state index is 12.1. The first kappa shape index (κ1) is 16.3. The molecule has 1 heterocycles. The molecule has 1 aliphatic heterocycles. The zero-order valence-corrected chi connectivity index (χ0v) is 13.5. The lowest BCUT2D eigenvalue weighted by Crippen LogP contribution is -2.41. The summed E-state index contributed by atoms with van der Waals surface area (Å²) < 4.78 is 5.04. The number of nitrogens with one attached hydrogen (secondary N) is 2. The van der Waals surface area contributed by atoms with Crippen LogP contribution in [0.2, 0.25) is 0 Å². The summed E-state index contributed by atoms with van der Waals surface area (Å²) in [5.74, 6) is 1.06. The molecule has 0 radical (unpaired) electrons. The number of ether oxygens (including phenoxy) is 1. The summed E-state index contributed by atoms with van der Waals surface area (Å²) >= 11 is 1.78. The molecule has 0 spiro atoms. The third-order valence-electron chi connectivity index (χ3n) is 3.67. The summed E-state index contributed by atoms with van der Waals surface area (Å²) in [6.45, 7) is 3.73. The Bertz CT molecular complexity index is 444. The summed E-state index contributed by atoms with van der Waals surface area (Å²) in [7, 11) is 1.72. The number of hydrogen-bond acceptors (Lipinski definition) is 4. The first-order valence-electron chi connectivity index (χ1n) is 7.46. The molecular formula is C16H24N2O2S. The SMILES string of the molecule is COCCSc1ccc(C(C)NC(=O)C2CCCN2)cc1. The van der Waals surface area contributed by atoms with Crippen LogP contribution in [-0.4, -0.2) is 38.0 Å². The zero-order valence-electron chi connectivity index (χ0n) is 12.7. The Balaban J connectivity index is 1.84. The van der Waals surface area contributed by atoms with Crippen LogP contribution in [0.3, 0.4) is 0 Å². The summed E-state index contributed by atoms with van der Waals surface area (Å²) in [4.78, 5) is 13.3. The molecular weight excluding hydrogens is 284 g/mol. The second-order valence-electron chi connectivity index (χ2n) is 5.29. The van der Waals surface area contributed by atoms with E-state index >= 15 is 0 Å². The molecule has 1 saturated heterocycles. The van der Waals surface area contributed by atoms with Crippen molar-refractivity contribution in [2.45, 2.75) is 36.7 Å². The molecule has 2 rings (SSSR count). The topological polar surface area (TPSA) is 50.4 Å². The first-order valence-corrected chi connectivity index (χ1v) is 8.44. The van der Waals surface area contributed by atoms with Crippen molar-refractivity contribution in [3.05, 3.63) is 29.8 Å². The van der Waals surface area contributed by atoms with Crippen LogP contribution in [0, 0.1) is 0 Å². The van der Waals surface area contributed by atoms with Gasteiger partial charge in [-0.05, 0) is 44.0 Å². The van der Waals surface area contributed by atoms with Crippen molar-refractivity contribution in [1.82, 2.24) is 10.6 Å². The number of benzene rings is 1.